The molecule has 0 unspecified atom stereocenters. The molecule has 33 heavy (non-hydrogen) atoms. The van der Waals surface area contributed by atoms with Crippen molar-refractivity contribution >= 4 is 29.2 Å². The molecule has 1 saturated heterocycles. The predicted octanol–water partition coefficient (Wildman–Crippen LogP) is 4.21. The molecule has 4 N–H and O–H groups in total. The molecule has 0 aliphatic carbocycles. The van der Waals surface area contributed by atoms with E-state index in [0.717, 1.165) is 54.0 Å². The molecule has 5 rings (SSSR count). The summed E-state index contributed by atoms with van der Waals surface area (Å²) in [7, 11) is 0. The Morgan fingerprint density at radius 2 is 1.88 bits per heavy atom. The third-order valence-corrected chi connectivity index (χ3v) is 6.65. The van der Waals surface area contributed by atoms with E-state index in [1.54, 1.807) is 6.20 Å². The summed E-state index contributed by atoms with van der Waals surface area (Å²) in [6.45, 7) is 4.36. The SMILES string of the molecule is Cc1c(C(=O)NCc2ccccc2)c[nH]c1/C=C1\C(=O)Nc2cccc(C3CCNCC3)c21. The highest BCUT2D eigenvalue weighted by Gasteiger charge is 2.30. The first-order valence-electron chi connectivity index (χ1n) is 11.5. The molecule has 0 atom stereocenters. The maximum absolute atomic E-state index is 12.9. The normalized spacial score (nSPS) is 17.1. The van der Waals surface area contributed by atoms with E-state index >= 15 is 0 Å². The van der Waals surface area contributed by atoms with E-state index in [0.29, 0.717) is 23.6 Å². The fraction of sp³-hybridized carbons (Fsp3) is 0.259. The number of hydrogen-bond acceptors (Lipinski definition) is 3. The number of aromatic nitrogens is 1. The second kappa shape index (κ2) is 9.08. The number of piperidine rings is 1. The van der Waals surface area contributed by atoms with Gasteiger partial charge in [-0.15, -0.1) is 0 Å². The predicted molar refractivity (Wildman–Crippen MR) is 131 cm³/mol. The van der Waals surface area contributed by atoms with Crippen LogP contribution in [0.2, 0.25) is 0 Å². The summed E-state index contributed by atoms with van der Waals surface area (Å²) in [5, 5.41) is 9.41. The first-order chi connectivity index (χ1) is 16.1. The third-order valence-electron chi connectivity index (χ3n) is 6.65. The largest absolute Gasteiger partial charge is 0.361 e. The molecule has 1 aromatic heterocycles. The van der Waals surface area contributed by atoms with Crippen molar-refractivity contribution in [2.24, 2.45) is 0 Å². The molecule has 2 aliphatic heterocycles. The van der Waals surface area contributed by atoms with E-state index < -0.39 is 0 Å². The van der Waals surface area contributed by atoms with E-state index in [2.05, 4.69) is 27.0 Å². The van der Waals surface area contributed by atoms with Crippen LogP contribution in [0.15, 0.2) is 54.7 Å². The summed E-state index contributed by atoms with van der Waals surface area (Å²) in [6, 6.07) is 16.0. The smallest absolute Gasteiger partial charge is 0.256 e. The average molecular weight is 441 g/mol. The highest BCUT2D eigenvalue weighted by molar-refractivity contribution is 6.35. The zero-order chi connectivity index (χ0) is 22.8. The van der Waals surface area contributed by atoms with Crippen molar-refractivity contribution in [3.8, 4) is 0 Å². The Balaban J connectivity index is 1.42. The number of hydrogen-bond donors (Lipinski definition) is 4. The van der Waals surface area contributed by atoms with Crippen LogP contribution in [0.5, 0.6) is 0 Å². The Hall–Kier alpha value is -3.64. The summed E-state index contributed by atoms with van der Waals surface area (Å²) in [4.78, 5) is 28.9. The number of rotatable bonds is 5. The molecule has 2 amide bonds. The second-order valence-corrected chi connectivity index (χ2v) is 8.72. The van der Waals surface area contributed by atoms with Crippen LogP contribution < -0.4 is 16.0 Å². The van der Waals surface area contributed by atoms with Crippen LogP contribution in [0.1, 0.15) is 57.1 Å². The first-order valence-corrected chi connectivity index (χ1v) is 11.5. The second-order valence-electron chi connectivity index (χ2n) is 8.72. The molecule has 2 aliphatic rings. The first kappa shape index (κ1) is 21.2. The minimum absolute atomic E-state index is 0.101. The molecular weight excluding hydrogens is 412 g/mol. The molecule has 3 heterocycles. The molecule has 1 fully saturated rings. The highest BCUT2D eigenvalue weighted by Crippen LogP contribution is 2.41. The molecule has 0 saturated carbocycles. The Bertz CT molecular complexity index is 1220. The summed E-state index contributed by atoms with van der Waals surface area (Å²) >= 11 is 0. The average Bonchev–Trinajstić information content (AvgIpc) is 3.38. The van der Waals surface area contributed by atoms with Gasteiger partial charge in [-0.1, -0.05) is 42.5 Å². The van der Waals surface area contributed by atoms with Gasteiger partial charge < -0.3 is 20.9 Å². The molecule has 0 radical (unpaired) electrons. The molecule has 2 aromatic carbocycles. The lowest BCUT2D eigenvalue weighted by molar-refractivity contribution is -0.110. The van der Waals surface area contributed by atoms with Gasteiger partial charge in [0.2, 0.25) is 0 Å². The van der Waals surface area contributed by atoms with Crippen LogP contribution in [0.3, 0.4) is 0 Å². The van der Waals surface area contributed by atoms with Crippen LogP contribution in [0.25, 0.3) is 11.6 Å². The molecular formula is C27H28N4O2. The summed E-state index contributed by atoms with van der Waals surface area (Å²) in [5.41, 5.74) is 6.98. The quantitative estimate of drug-likeness (QED) is 0.448. The zero-order valence-electron chi connectivity index (χ0n) is 18.7. The number of benzene rings is 2. The third kappa shape index (κ3) is 4.22. The molecule has 6 heteroatoms. The zero-order valence-corrected chi connectivity index (χ0v) is 18.7. The van der Waals surface area contributed by atoms with Gasteiger partial charge in [-0.25, -0.2) is 0 Å². The standard InChI is InChI=1S/C27H28N4O2/c1-17-22(26(32)30-15-18-6-3-2-4-7-18)16-29-24(17)14-21-25-20(19-10-12-28-13-11-19)8-5-9-23(25)31-27(21)33/h2-9,14,16,19,28-29H,10-13,15H2,1H3,(H,30,32)(H,31,33)/b21-14-. The van der Waals surface area contributed by atoms with Crippen molar-refractivity contribution in [2.75, 3.05) is 18.4 Å². The van der Waals surface area contributed by atoms with Crippen LogP contribution in [-0.2, 0) is 11.3 Å². The van der Waals surface area contributed by atoms with Crippen molar-refractivity contribution in [1.82, 2.24) is 15.6 Å². The minimum atomic E-state index is -0.135. The maximum atomic E-state index is 12.9. The van der Waals surface area contributed by atoms with Gasteiger partial charge in [0.25, 0.3) is 11.8 Å². The number of carbonyl (C=O) groups is 2. The Labute approximate surface area is 193 Å². The van der Waals surface area contributed by atoms with Crippen molar-refractivity contribution in [1.29, 1.82) is 0 Å². The number of aromatic amines is 1. The Morgan fingerprint density at radius 1 is 1.09 bits per heavy atom. The van der Waals surface area contributed by atoms with E-state index in [1.165, 1.54) is 5.56 Å². The molecule has 6 nitrogen and oxygen atoms in total. The number of fused-ring (bicyclic) bond motifs is 1. The van der Waals surface area contributed by atoms with Crippen LogP contribution in [-0.4, -0.2) is 29.9 Å². The topological polar surface area (TPSA) is 86.0 Å². The summed E-state index contributed by atoms with van der Waals surface area (Å²) in [6.07, 6.45) is 5.72. The van der Waals surface area contributed by atoms with Gasteiger partial charge in [-0.3, -0.25) is 9.59 Å². The molecule has 0 bridgehead atoms. The number of carbonyl (C=O) groups excluding carboxylic acids is 2. The Kier molecular flexibility index (Phi) is 5.84. The van der Waals surface area contributed by atoms with E-state index in [1.807, 2.05) is 55.5 Å². The monoisotopic (exact) mass is 440 g/mol. The van der Waals surface area contributed by atoms with Crippen molar-refractivity contribution < 1.29 is 9.59 Å². The molecule has 3 aromatic rings. The summed E-state index contributed by atoms with van der Waals surface area (Å²) < 4.78 is 0. The summed E-state index contributed by atoms with van der Waals surface area (Å²) in [5.74, 6) is 0.195. The Morgan fingerprint density at radius 3 is 2.67 bits per heavy atom. The lowest BCUT2D eigenvalue weighted by Gasteiger charge is -2.25. The van der Waals surface area contributed by atoms with Gasteiger partial charge >= 0.3 is 0 Å². The van der Waals surface area contributed by atoms with Gasteiger partial charge in [-0.05, 0) is 67.6 Å². The number of amides is 2. The minimum Gasteiger partial charge on any atom is -0.361 e. The van der Waals surface area contributed by atoms with Crippen LogP contribution in [0.4, 0.5) is 5.69 Å². The lowest BCUT2D eigenvalue weighted by atomic mass is 9.85. The van der Waals surface area contributed by atoms with Crippen LogP contribution in [0, 0.1) is 6.92 Å². The van der Waals surface area contributed by atoms with Crippen molar-refractivity contribution in [3.63, 3.8) is 0 Å². The van der Waals surface area contributed by atoms with Crippen molar-refractivity contribution in [2.45, 2.75) is 32.2 Å². The fourth-order valence-electron chi connectivity index (χ4n) is 4.80. The van der Waals surface area contributed by atoms with Gasteiger partial charge in [-0.2, -0.15) is 0 Å². The van der Waals surface area contributed by atoms with E-state index in [-0.39, 0.29) is 11.8 Å². The van der Waals surface area contributed by atoms with Gasteiger partial charge in [0, 0.05) is 29.7 Å². The number of nitrogens with one attached hydrogen (secondary N) is 4. The highest BCUT2D eigenvalue weighted by atomic mass is 16.2. The fourth-order valence-corrected chi connectivity index (χ4v) is 4.80. The van der Waals surface area contributed by atoms with E-state index in [9.17, 15) is 9.59 Å². The maximum Gasteiger partial charge on any atom is 0.256 e. The number of anilines is 1. The van der Waals surface area contributed by atoms with Gasteiger partial charge in [0.15, 0.2) is 0 Å². The van der Waals surface area contributed by atoms with Crippen molar-refractivity contribution in [3.05, 3.63) is 88.2 Å². The van der Waals surface area contributed by atoms with E-state index in [4.69, 9.17) is 0 Å². The lowest BCUT2D eigenvalue weighted by Crippen LogP contribution is -2.27. The number of H-pyrrole nitrogens is 1. The molecule has 168 valence electrons. The van der Waals surface area contributed by atoms with Crippen LogP contribution >= 0.6 is 0 Å². The van der Waals surface area contributed by atoms with Gasteiger partial charge in [0.1, 0.15) is 0 Å². The van der Waals surface area contributed by atoms with Gasteiger partial charge in [0.05, 0.1) is 11.1 Å². The molecule has 0 spiro atoms.